The van der Waals surface area contributed by atoms with E-state index in [1.807, 2.05) is 0 Å². The van der Waals surface area contributed by atoms with E-state index in [0.717, 1.165) is 12.3 Å². The van der Waals surface area contributed by atoms with E-state index in [1.165, 1.54) is 25.7 Å². The number of carbonyl (C=O) groups is 1. The molecule has 0 aromatic rings. The molecule has 2 aliphatic rings. The normalized spacial score (nSPS) is 41.2. The first-order chi connectivity index (χ1) is 6.68. The van der Waals surface area contributed by atoms with Gasteiger partial charge in [0.15, 0.2) is 0 Å². The number of hydrogen-bond donors (Lipinski definition) is 2. The fourth-order valence-corrected chi connectivity index (χ4v) is 3.58. The van der Waals surface area contributed by atoms with Gasteiger partial charge in [0.05, 0.1) is 6.42 Å². The van der Waals surface area contributed by atoms with Crippen LogP contribution in [0.2, 0.25) is 0 Å². The zero-order valence-electron chi connectivity index (χ0n) is 8.54. The molecule has 0 aliphatic heterocycles. The highest BCUT2D eigenvalue weighted by atomic mass is 16.4. The molecule has 3 heteroatoms. The molecule has 0 aromatic carbocycles. The Balaban J connectivity index is 2.04. The molecule has 0 heterocycles. The van der Waals surface area contributed by atoms with Crippen molar-refractivity contribution in [3.63, 3.8) is 0 Å². The summed E-state index contributed by atoms with van der Waals surface area (Å²) in [7, 11) is 0. The summed E-state index contributed by atoms with van der Waals surface area (Å²) in [6.07, 6.45) is 6.43. The van der Waals surface area contributed by atoms with Gasteiger partial charge in [0, 0.05) is 0 Å². The van der Waals surface area contributed by atoms with Crippen LogP contribution in [0.3, 0.4) is 0 Å². The lowest BCUT2D eigenvalue weighted by atomic mass is 9.48. The van der Waals surface area contributed by atoms with Crippen LogP contribution in [-0.2, 0) is 4.79 Å². The van der Waals surface area contributed by atoms with Crippen LogP contribution < -0.4 is 5.73 Å². The van der Waals surface area contributed by atoms with E-state index < -0.39 is 5.97 Å². The number of fused-ring (bicyclic) bond motifs is 1. The van der Waals surface area contributed by atoms with Crippen LogP contribution in [0.5, 0.6) is 0 Å². The highest BCUT2D eigenvalue weighted by Crippen LogP contribution is 2.58. The summed E-state index contributed by atoms with van der Waals surface area (Å²) in [6.45, 7) is 0.556. The minimum atomic E-state index is -0.681. The van der Waals surface area contributed by atoms with Crippen LogP contribution in [0, 0.1) is 17.3 Å². The van der Waals surface area contributed by atoms with Crippen molar-refractivity contribution >= 4 is 5.97 Å². The van der Waals surface area contributed by atoms with E-state index in [0.29, 0.717) is 12.5 Å². The number of carboxylic acid groups (broad SMARTS) is 1. The first kappa shape index (κ1) is 9.97. The van der Waals surface area contributed by atoms with Crippen molar-refractivity contribution in [2.75, 3.05) is 6.54 Å². The maximum Gasteiger partial charge on any atom is 0.303 e. The Morgan fingerprint density at radius 3 is 2.71 bits per heavy atom. The molecule has 0 saturated heterocycles. The highest BCUT2D eigenvalue weighted by molar-refractivity contribution is 5.68. The maximum atomic E-state index is 10.8. The van der Waals surface area contributed by atoms with Gasteiger partial charge in [-0.1, -0.05) is 19.3 Å². The van der Waals surface area contributed by atoms with Crippen LogP contribution in [0.25, 0.3) is 0 Å². The zero-order valence-corrected chi connectivity index (χ0v) is 8.54. The third-order valence-corrected chi connectivity index (χ3v) is 4.27. The molecule has 3 atom stereocenters. The molecule has 3 nitrogen and oxygen atoms in total. The predicted octanol–water partition coefficient (Wildman–Crippen LogP) is 1.62. The van der Waals surface area contributed by atoms with E-state index in [9.17, 15) is 4.79 Å². The number of nitrogens with two attached hydrogens (primary N) is 1. The minimum Gasteiger partial charge on any atom is -0.481 e. The minimum absolute atomic E-state index is 0.0447. The lowest BCUT2D eigenvalue weighted by Gasteiger charge is -2.57. The molecule has 80 valence electrons. The van der Waals surface area contributed by atoms with Gasteiger partial charge in [-0.2, -0.15) is 0 Å². The summed E-state index contributed by atoms with van der Waals surface area (Å²) in [5, 5.41) is 8.88. The van der Waals surface area contributed by atoms with E-state index in [2.05, 4.69) is 0 Å². The summed E-state index contributed by atoms with van der Waals surface area (Å²) < 4.78 is 0. The summed E-state index contributed by atoms with van der Waals surface area (Å²) in [5.41, 5.74) is 5.72. The van der Waals surface area contributed by atoms with Crippen molar-refractivity contribution in [2.45, 2.75) is 38.5 Å². The fraction of sp³-hybridized carbons (Fsp3) is 0.909. The highest BCUT2D eigenvalue weighted by Gasteiger charge is 2.53. The summed E-state index contributed by atoms with van der Waals surface area (Å²) >= 11 is 0. The molecule has 0 amide bonds. The van der Waals surface area contributed by atoms with Crippen LogP contribution in [0.4, 0.5) is 0 Å². The third-order valence-electron chi connectivity index (χ3n) is 4.27. The quantitative estimate of drug-likeness (QED) is 0.722. The Hall–Kier alpha value is -0.570. The van der Waals surface area contributed by atoms with Crippen molar-refractivity contribution < 1.29 is 9.90 Å². The molecule has 14 heavy (non-hydrogen) atoms. The van der Waals surface area contributed by atoms with E-state index in [-0.39, 0.29) is 11.8 Å². The number of hydrogen-bond acceptors (Lipinski definition) is 2. The fourth-order valence-electron chi connectivity index (χ4n) is 3.58. The molecule has 3 N–H and O–H groups in total. The van der Waals surface area contributed by atoms with Crippen molar-refractivity contribution in [3.05, 3.63) is 0 Å². The number of carboxylic acids is 1. The van der Waals surface area contributed by atoms with Crippen molar-refractivity contribution in [1.82, 2.24) is 0 Å². The lowest BCUT2D eigenvalue weighted by Crippen LogP contribution is -2.54. The molecule has 2 saturated carbocycles. The Morgan fingerprint density at radius 1 is 1.43 bits per heavy atom. The van der Waals surface area contributed by atoms with Crippen molar-refractivity contribution in [2.24, 2.45) is 23.0 Å². The maximum absolute atomic E-state index is 10.8. The van der Waals surface area contributed by atoms with Gasteiger partial charge in [-0.3, -0.25) is 4.79 Å². The molecular weight excluding hydrogens is 178 g/mol. The van der Waals surface area contributed by atoms with Gasteiger partial charge in [0.2, 0.25) is 0 Å². The molecule has 0 unspecified atom stereocenters. The average Bonchev–Trinajstić information content (AvgIpc) is 2.13. The molecule has 0 bridgehead atoms. The first-order valence-corrected chi connectivity index (χ1v) is 5.60. The molecule has 2 rings (SSSR count). The predicted molar refractivity (Wildman–Crippen MR) is 53.8 cm³/mol. The summed E-state index contributed by atoms with van der Waals surface area (Å²) in [6, 6.07) is 0. The SMILES string of the molecule is NC[C@@]1(CC(=O)O)C[C@H]2CCCC[C@H]21. The van der Waals surface area contributed by atoms with Gasteiger partial charge in [-0.15, -0.1) is 0 Å². The second-order valence-corrected chi connectivity index (χ2v) is 4.99. The Morgan fingerprint density at radius 2 is 2.14 bits per heavy atom. The Labute approximate surface area is 84.7 Å². The first-order valence-electron chi connectivity index (χ1n) is 5.60. The van der Waals surface area contributed by atoms with Crippen LogP contribution in [-0.4, -0.2) is 17.6 Å². The topological polar surface area (TPSA) is 63.3 Å². The second kappa shape index (κ2) is 3.54. The standard InChI is InChI=1S/C11H19NO2/c12-7-11(6-10(13)14)5-8-3-1-2-4-9(8)11/h8-9H,1-7,12H2,(H,13,14)/t8-,9-,11+/m1/s1. The number of rotatable bonds is 3. The summed E-state index contributed by atoms with van der Waals surface area (Å²) in [5.74, 6) is 0.712. The van der Waals surface area contributed by atoms with Gasteiger partial charge < -0.3 is 10.8 Å². The molecule has 0 radical (unpaired) electrons. The largest absolute Gasteiger partial charge is 0.481 e. The third kappa shape index (κ3) is 1.44. The molecule has 2 fully saturated rings. The summed E-state index contributed by atoms with van der Waals surface area (Å²) in [4.78, 5) is 10.8. The van der Waals surface area contributed by atoms with Gasteiger partial charge in [-0.25, -0.2) is 0 Å². The Bertz CT molecular complexity index is 241. The Kier molecular flexibility index (Phi) is 2.52. The monoisotopic (exact) mass is 197 g/mol. The molecule has 2 aliphatic carbocycles. The van der Waals surface area contributed by atoms with Gasteiger partial charge in [-0.05, 0) is 36.6 Å². The van der Waals surface area contributed by atoms with Crippen molar-refractivity contribution in [1.29, 1.82) is 0 Å². The molecule has 0 aromatic heterocycles. The van der Waals surface area contributed by atoms with Gasteiger partial charge >= 0.3 is 5.97 Å². The molecule has 0 spiro atoms. The van der Waals surface area contributed by atoms with Crippen LogP contribution in [0.1, 0.15) is 38.5 Å². The van der Waals surface area contributed by atoms with Gasteiger partial charge in [0.25, 0.3) is 0 Å². The smallest absolute Gasteiger partial charge is 0.303 e. The zero-order chi connectivity index (χ0) is 10.2. The van der Waals surface area contributed by atoms with E-state index in [4.69, 9.17) is 10.8 Å². The van der Waals surface area contributed by atoms with Crippen molar-refractivity contribution in [3.8, 4) is 0 Å². The number of aliphatic carboxylic acids is 1. The van der Waals surface area contributed by atoms with E-state index in [1.54, 1.807) is 0 Å². The van der Waals surface area contributed by atoms with Crippen LogP contribution in [0.15, 0.2) is 0 Å². The second-order valence-electron chi connectivity index (χ2n) is 4.99. The van der Waals surface area contributed by atoms with Gasteiger partial charge in [0.1, 0.15) is 0 Å². The lowest BCUT2D eigenvalue weighted by molar-refractivity contribution is -0.148. The average molecular weight is 197 g/mol. The molecular formula is C11H19NO2. The van der Waals surface area contributed by atoms with E-state index >= 15 is 0 Å². The van der Waals surface area contributed by atoms with Crippen LogP contribution >= 0.6 is 0 Å².